The van der Waals surface area contributed by atoms with Crippen LogP contribution < -0.4 is 0 Å². The molecule has 3 nitrogen and oxygen atoms in total. The Balaban J connectivity index is 3.89. The van der Waals surface area contributed by atoms with E-state index < -0.39 is 6.29 Å². The molecule has 0 rings (SSSR count). The number of hydrogen-bond donors (Lipinski definition) is 0. The van der Waals surface area contributed by atoms with Gasteiger partial charge < -0.3 is 9.47 Å². The van der Waals surface area contributed by atoms with Crippen LogP contribution in [-0.4, -0.2) is 18.9 Å². The zero-order valence-corrected chi connectivity index (χ0v) is 11.1. The van der Waals surface area contributed by atoms with Crippen LogP contribution >= 0.6 is 0 Å². The van der Waals surface area contributed by atoms with Crippen molar-refractivity contribution in [1.29, 1.82) is 0 Å². The third-order valence-electron chi connectivity index (χ3n) is 2.57. The average molecular weight is 230 g/mol. The molecule has 0 radical (unpaired) electrons. The molecule has 0 saturated carbocycles. The van der Waals surface area contributed by atoms with Crippen LogP contribution in [-0.2, 0) is 14.3 Å². The number of carbonyl (C=O) groups excluding carboxylic acids is 1. The molecule has 0 N–H and O–H groups in total. The van der Waals surface area contributed by atoms with Gasteiger partial charge in [0.2, 0.25) is 0 Å². The van der Waals surface area contributed by atoms with E-state index in [-0.39, 0.29) is 11.9 Å². The van der Waals surface area contributed by atoms with E-state index in [0.717, 1.165) is 32.1 Å². The summed E-state index contributed by atoms with van der Waals surface area (Å²) in [5.74, 6) is -0.0767. The predicted molar refractivity (Wildman–Crippen MR) is 65.1 cm³/mol. The molecule has 96 valence electrons. The lowest BCUT2D eigenvalue weighted by atomic mass is 10.00. The second-order valence-electron chi connectivity index (χ2n) is 4.12. The topological polar surface area (TPSA) is 35.5 Å². The molecule has 3 heteroatoms. The van der Waals surface area contributed by atoms with E-state index in [0.29, 0.717) is 6.61 Å². The first-order chi connectivity index (χ1) is 7.65. The van der Waals surface area contributed by atoms with Crippen LogP contribution in [0.3, 0.4) is 0 Å². The van der Waals surface area contributed by atoms with E-state index in [9.17, 15) is 4.79 Å². The summed E-state index contributed by atoms with van der Waals surface area (Å²) in [6.07, 6.45) is 4.49. The van der Waals surface area contributed by atoms with Crippen molar-refractivity contribution >= 4 is 5.97 Å². The lowest BCUT2D eigenvalue weighted by molar-refractivity contribution is -0.179. The zero-order valence-electron chi connectivity index (χ0n) is 11.1. The summed E-state index contributed by atoms with van der Waals surface area (Å²) >= 11 is 0. The van der Waals surface area contributed by atoms with E-state index in [2.05, 4.69) is 6.92 Å². The maximum absolute atomic E-state index is 11.8. The Bertz CT molecular complexity index is 180. The largest absolute Gasteiger partial charge is 0.436 e. The minimum Gasteiger partial charge on any atom is -0.436 e. The lowest BCUT2D eigenvalue weighted by Crippen LogP contribution is -2.24. The molecule has 0 aliphatic rings. The van der Waals surface area contributed by atoms with Gasteiger partial charge >= 0.3 is 5.97 Å². The van der Waals surface area contributed by atoms with Crippen molar-refractivity contribution in [3.05, 3.63) is 0 Å². The molecule has 0 spiro atoms. The van der Waals surface area contributed by atoms with Crippen molar-refractivity contribution in [3.8, 4) is 0 Å². The maximum Gasteiger partial charge on any atom is 0.311 e. The zero-order chi connectivity index (χ0) is 12.4. The fourth-order valence-electron chi connectivity index (χ4n) is 1.52. The molecule has 0 aliphatic heterocycles. The summed E-state index contributed by atoms with van der Waals surface area (Å²) in [5.41, 5.74) is 0. The van der Waals surface area contributed by atoms with E-state index in [4.69, 9.17) is 9.47 Å². The Morgan fingerprint density at radius 2 is 1.88 bits per heavy atom. The van der Waals surface area contributed by atoms with Crippen molar-refractivity contribution in [2.45, 2.75) is 66.1 Å². The van der Waals surface area contributed by atoms with Crippen molar-refractivity contribution in [2.75, 3.05) is 6.61 Å². The molecule has 0 fully saturated rings. The summed E-state index contributed by atoms with van der Waals surface area (Å²) in [4.78, 5) is 11.8. The number of rotatable bonds is 9. The minimum absolute atomic E-state index is 0.0348. The number of unbranched alkanes of at least 4 members (excludes halogenated alkanes) is 1. The molecular weight excluding hydrogens is 204 g/mol. The van der Waals surface area contributed by atoms with Crippen LogP contribution in [0.2, 0.25) is 0 Å². The molecule has 0 aromatic carbocycles. The molecular formula is C13H26O3. The van der Waals surface area contributed by atoms with Gasteiger partial charge in [-0.3, -0.25) is 4.79 Å². The molecule has 0 aromatic heterocycles. The molecule has 16 heavy (non-hydrogen) atoms. The molecule has 2 unspecified atom stereocenters. The van der Waals surface area contributed by atoms with Gasteiger partial charge in [0.15, 0.2) is 6.29 Å². The molecule has 2 atom stereocenters. The van der Waals surface area contributed by atoms with Gasteiger partial charge in [0, 0.05) is 0 Å². The third kappa shape index (κ3) is 6.83. The Hall–Kier alpha value is -0.570. The number of esters is 1. The highest BCUT2D eigenvalue weighted by Gasteiger charge is 2.19. The quantitative estimate of drug-likeness (QED) is 0.449. The van der Waals surface area contributed by atoms with E-state index in [1.807, 2.05) is 13.8 Å². The Morgan fingerprint density at radius 1 is 1.19 bits per heavy atom. The monoisotopic (exact) mass is 230 g/mol. The second-order valence-corrected chi connectivity index (χ2v) is 4.12. The highest BCUT2D eigenvalue weighted by Crippen LogP contribution is 2.15. The van der Waals surface area contributed by atoms with E-state index in [1.165, 1.54) is 0 Å². The first-order valence-corrected chi connectivity index (χ1v) is 6.47. The van der Waals surface area contributed by atoms with Gasteiger partial charge in [0.05, 0.1) is 12.5 Å². The SMILES string of the molecule is CCCCC(CC)C(=O)OC(C)OCCC. The van der Waals surface area contributed by atoms with Crippen LogP contribution in [0.25, 0.3) is 0 Å². The number of hydrogen-bond acceptors (Lipinski definition) is 3. The normalized spacial score (nSPS) is 14.5. The molecule has 0 aromatic rings. The van der Waals surface area contributed by atoms with Crippen LogP contribution in [0.5, 0.6) is 0 Å². The summed E-state index contributed by atoms with van der Waals surface area (Å²) < 4.78 is 10.6. The van der Waals surface area contributed by atoms with Gasteiger partial charge in [-0.1, -0.05) is 33.6 Å². The first-order valence-electron chi connectivity index (χ1n) is 6.47. The molecule has 0 bridgehead atoms. The molecule has 0 saturated heterocycles. The number of carbonyl (C=O) groups is 1. The summed E-state index contributed by atoms with van der Waals surface area (Å²) in [6, 6.07) is 0. The summed E-state index contributed by atoms with van der Waals surface area (Å²) in [5, 5.41) is 0. The summed E-state index contributed by atoms with van der Waals surface area (Å²) in [7, 11) is 0. The molecule has 0 aliphatic carbocycles. The standard InChI is InChI=1S/C13H26O3/c1-5-8-9-12(7-3)13(14)16-11(4)15-10-6-2/h11-12H,5-10H2,1-4H3. The Morgan fingerprint density at radius 3 is 2.38 bits per heavy atom. The minimum atomic E-state index is -0.414. The van der Waals surface area contributed by atoms with E-state index in [1.54, 1.807) is 6.92 Å². The van der Waals surface area contributed by atoms with Crippen LogP contribution in [0.1, 0.15) is 59.8 Å². The fraction of sp³-hybridized carbons (Fsp3) is 0.923. The summed E-state index contributed by atoms with van der Waals surface area (Å²) in [6.45, 7) is 8.61. The highest BCUT2D eigenvalue weighted by molar-refractivity contribution is 5.72. The fourth-order valence-corrected chi connectivity index (χ4v) is 1.52. The number of ether oxygens (including phenoxy) is 2. The Kier molecular flexibility index (Phi) is 9.30. The first kappa shape index (κ1) is 15.4. The average Bonchev–Trinajstić information content (AvgIpc) is 2.27. The van der Waals surface area contributed by atoms with Gasteiger partial charge in [-0.25, -0.2) is 0 Å². The highest BCUT2D eigenvalue weighted by atomic mass is 16.7. The smallest absolute Gasteiger partial charge is 0.311 e. The third-order valence-corrected chi connectivity index (χ3v) is 2.57. The van der Waals surface area contributed by atoms with Crippen molar-refractivity contribution in [3.63, 3.8) is 0 Å². The molecule has 0 amide bonds. The van der Waals surface area contributed by atoms with Gasteiger partial charge in [-0.2, -0.15) is 0 Å². The van der Waals surface area contributed by atoms with E-state index >= 15 is 0 Å². The van der Waals surface area contributed by atoms with Crippen LogP contribution in [0, 0.1) is 5.92 Å². The molecule has 0 heterocycles. The van der Waals surface area contributed by atoms with Crippen molar-refractivity contribution < 1.29 is 14.3 Å². The van der Waals surface area contributed by atoms with Gasteiger partial charge in [-0.05, 0) is 26.2 Å². The van der Waals surface area contributed by atoms with Crippen molar-refractivity contribution in [2.24, 2.45) is 5.92 Å². The van der Waals surface area contributed by atoms with Gasteiger partial charge in [0.25, 0.3) is 0 Å². The maximum atomic E-state index is 11.8. The second kappa shape index (κ2) is 9.64. The van der Waals surface area contributed by atoms with Crippen LogP contribution in [0.15, 0.2) is 0 Å². The van der Waals surface area contributed by atoms with Crippen molar-refractivity contribution in [1.82, 2.24) is 0 Å². The Labute approximate surface area is 99.5 Å². The van der Waals surface area contributed by atoms with Crippen LogP contribution in [0.4, 0.5) is 0 Å². The van der Waals surface area contributed by atoms with Gasteiger partial charge in [0.1, 0.15) is 0 Å². The van der Waals surface area contributed by atoms with Gasteiger partial charge in [-0.15, -0.1) is 0 Å². The lowest BCUT2D eigenvalue weighted by Gasteiger charge is -2.18. The predicted octanol–water partition coefficient (Wildman–Crippen LogP) is 3.52.